The van der Waals surface area contributed by atoms with Crippen LogP contribution in [0.15, 0.2) is 24.3 Å². The SMILES string of the molecule is CCNC1(CO)CCCC1CCOc1cccc(CC)c1. The van der Waals surface area contributed by atoms with E-state index in [1.165, 1.54) is 18.4 Å². The van der Waals surface area contributed by atoms with Gasteiger partial charge in [0.25, 0.3) is 0 Å². The predicted molar refractivity (Wildman–Crippen MR) is 86.8 cm³/mol. The molecule has 0 aromatic heterocycles. The largest absolute Gasteiger partial charge is 0.494 e. The normalized spacial score (nSPS) is 25.2. The van der Waals surface area contributed by atoms with E-state index in [1.54, 1.807) is 0 Å². The van der Waals surface area contributed by atoms with Gasteiger partial charge in [-0.3, -0.25) is 0 Å². The summed E-state index contributed by atoms with van der Waals surface area (Å²) in [6, 6.07) is 8.34. The van der Waals surface area contributed by atoms with Crippen LogP contribution in [-0.2, 0) is 6.42 Å². The fourth-order valence-corrected chi connectivity index (χ4v) is 3.59. The van der Waals surface area contributed by atoms with E-state index in [1.807, 2.05) is 6.07 Å². The van der Waals surface area contributed by atoms with Crippen molar-refractivity contribution in [2.45, 2.75) is 51.5 Å². The Morgan fingerprint density at radius 2 is 2.24 bits per heavy atom. The molecule has 0 bridgehead atoms. The smallest absolute Gasteiger partial charge is 0.119 e. The van der Waals surface area contributed by atoms with Gasteiger partial charge in [-0.05, 0) is 55.8 Å². The molecule has 3 nitrogen and oxygen atoms in total. The molecular weight excluding hydrogens is 262 g/mol. The molecule has 0 aliphatic heterocycles. The van der Waals surface area contributed by atoms with Crippen LogP contribution in [0.4, 0.5) is 0 Å². The lowest BCUT2D eigenvalue weighted by atomic mass is 9.85. The standard InChI is InChI=1S/C18H29NO2/c1-3-15-7-5-9-17(13-15)21-12-10-16-8-6-11-18(16,14-20)19-4-2/h5,7,9,13,16,19-20H,3-4,6,8,10-12,14H2,1-2H3. The Bertz CT molecular complexity index is 435. The quantitative estimate of drug-likeness (QED) is 0.773. The van der Waals surface area contributed by atoms with Crippen molar-refractivity contribution in [2.24, 2.45) is 5.92 Å². The molecule has 0 heterocycles. The van der Waals surface area contributed by atoms with E-state index < -0.39 is 0 Å². The Morgan fingerprint density at radius 1 is 1.38 bits per heavy atom. The highest BCUT2D eigenvalue weighted by Crippen LogP contribution is 2.37. The Labute approximate surface area is 128 Å². The maximum absolute atomic E-state index is 9.80. The molecule has 2 unspecified atom stereocenters. The summed E-state index contributed by atoms with van der Waals surface area (Å²) in [6.07, 6.45) is 5.50. The number of benzene rings is 1. The zero-order chi connectivity index (χ0) is 15.1. The molecule has 3 heteroatoms. The molecule has 0 amide bonds. The number of likely N-dealkylation sites (N-methyl/N-ethyl adjacent to an activating group) is 1. The van der Waals surface area contributed by atoms with Gasteiger partial charge >= 0.3 is 0 Å². The summed E-state index contributed by atoms with van der Waals surface area (Å²) in [5, 5.41) is 13.3. The Hall–Kier alpha value is -1.06. The lowest BCUT2D eigenvalue weighted by Crippen LogP contribution is -2.51. The van der Waals surface area contributed by atoms with Crippen LogP contribution >= 0.6 is 0 Å². The van der Waals surface area contributed by atoms with E-state index in [9.17, 15) is 5.11 Å². The number of aliphatic hydroxyl groups excluding tert-OH is 1. The van der Waals surface area contributed by atoms with Crippen LogP contribution in [0.25, 0.3) is 0 Å². The van der Waals surface area contributed by atoms with Crippen molar-refractivity contribution in [2.75, 3.05) is 19.8 Å². The third-order valence-electron chi connectivity index (χ3n) is 4.81. The fourth-order valence-electron chi connectivity index (χ4n) is 3.59. The summed E-state index contributed by atoms with van der Waals surface area (Å²) in [7, 11) is 0. The number of hydrogen-bond acceptors (Lipinski definition) is 3. The van der Waals surface area contributed by atoms with Gasteiger partial charge in [0.05, 0.1) is 13.2 Å². The Morgan fingerprint density at radius 3 is 2.95 bits per heavy atom. The van der Waals surface area contributed by atoms with Gasteiger partial charge in [0.15, 0.2) is 0 Å². The minimum Gasteiger partial charge on any atom is -0.494 e. The number of rotatable bonds is 8. The van der Waals surface area contributed by atoms with Gasteiger partial charge in [-0.1, -0.05) is 32.4 Å². The van der Waals surface area contributed by atoms with Crippen LogP contribution in [0.5, 0.6) is 5.75 Å². The van der Waals surface area contributed by atoms with E-state index >= 15 is 0 Å². The molecule has 2 atom stereocenters. The molecule has 0 spiro atoms. The molecule has 1 fully saturated rings. The molecule has 1 aromatic carbocycles. The van der Waals surface area contributed by atoms with Gasteiger partial charge in [0.2, 0.25) is 0 Å². The van der Waals surface area contributed by atoms with Gasteiger partial charge in [0, 0.05) is 5.54 Å². The monoisotopic (exact) mass is 291 g/mol. The van der Waals surface area contributed by atoms with Crippen molar-refractivity contribution in [3.63, 3.8) is 0 Å². The first-order valence-electron chi connectivity index (χ1n) is 8.31. The highest BCUT2D eigenvalue weighted by atomic mass is 16.5. The first kappa shape index (κ1) is 16.3. The van der Waals surface area contributed by atoms with Crippen molar-refractivity contribution in [1.29, 1.82) is 0 Å². The Kier molecular flexibility index (Phi) is 6.07. The molecule has 1 saturated carbocycles. The summed E-state index contributed by atoms with van der Waals surface area (Å²) in [5.41, 5.74) is 1.23. The van der Waals surface area contributed by atoms with Gasteiger partial charge < -0.3 is 15.2 Å². The van der Waals surface area contributed by atoms with Crippen molar-refractivity contribution in [3.05, 3.63) is 29.8 Å². The molecule has 0 saturated heterocycles. The molecule has 1 aromatic rings. The number of aryl methyl sites for hydroxylation is 1. The molecule has 0 radical (unpaired) electrons. The molecule has 1 aliphatic rings. The molecule has 2 rings (SSSR count). The summed E-state index contributed by atoms with van der Waals surface area (Å²) in [5.74, 6) is 1.47. The first-order valence-corrected chi connectivity index (χ1v) is 8.31. The first-order chi connectivity index (χ1) is 10.2. The molecule has 1 aliphatic carbocycles. The highest BCUT2D eigenvalue weighted by molar-refractivity contribution is 5.28. The lowest BCUT2D eigenvalue weighted by molar-refractivity contribution is 0.111. The van der Waals surface area contributed by atoms with Gasteiger partial charge in [-0.15, -0.1) is 0 Å². The van der Waals surface area contributed by atoms with Gasteiger partial charge in [0.1, 0.15) is 5.75 Å². The minimum atomic E-state index is -0.0800. The van der Waals surface area contributed by atoms with Crippen LogP contribution in [0.2, 0.25) is 0 Å². The second kappa shape index (κ2) is 7.81. The maximum atomic E-state index is 9.80. The molecule has 2 N–H and O–H groups in total. The summed E-state index contributed by atoms with van der Waals surface area (Å²) >= 11 is 0. The van der Waals surface area contributed by atoms with E-state index in [0.29, 0.717) is 5.92 Å². The second-order valence-corrected chi connectivity index (χ2v) is 6.07. The van der Waals surface area contributed by atoms with Crippen molar-refractivity contribution >= 4 is 0 Å². The van der Waals surface area contributed by atoms with Gasteiger partial charge in [-0.25, -0.2) is 0 Å². The average molecular weight is 291 g/mol. The highest BCUT2D eigenvalue weighted by Gasteiger charge is 2.41. The van der Waals surface area contributed by atoms with Crippen molar-refractivity contribution < 1.29 is 9.84 Å². The predicted octanol–water partition coefficient (Wildman–Crippen LogP) is 3.16. The van der Waals surface area contributed by atoms with Crippen molar-refractivity contribution in [1.82, 2.24) is 5.32 Å². The topological polar surface area (TPSA) is 41.5 Å². The second-order valence-electron chi connectivity index (χ2n) is 6.07. The number of hydrogen-bond donors (Lipinski definition) is 2. The summed E-state index contributed by atoms with van der Waals surface area (Å²) in [4.78, 5) is 0. The van der Waals surface area contributed by atoms with Gasteiger partial charge in [-0.2, -0.15) is 0 Å². The zero-order valence-corrected chi connectivity index (χ0v) is 13.4. The average Bonchev–Trinajstić information content (AvgIpc) is 2.91. The Balaban J connectivity index is 1.87. The van der Waals surface area contributed by atoms with E-state index in [0.717, 1.165) is 38.2 Å². The molecule has 118 valence electrons. The number of nitrogens with one attached hydrogen (secondary N) is 1. The van der Waals surface area contributed by atoms with E-state index in [-0.39, 0.29) is 12.1 Å². The fraction of sp³-hybridized carbons (Fsp3) is 0.667. The van der Waals surface area contributed by atoms with Crippen LogP contribution in [0.3, 0.4) is 0 Å². The van der Waals surface area contributed by atoms with Crippen LogP contribution in [-0.4, -0.2) is 30.4 Å². The van der Waals surface area contributed by atoms with Crippen LogP contribution in [0.1, 0.15) is 45.1 Å². The summed E-state index contributed by atoms with van der Waals surface area (Å²) < 4.78 is 5.92. The number of aliphatic hydroxyl groups is 1. The summed E-state index contributed by atoms with van der Waals surface area (Å²) in [6.45, 7) is 6.14. The van der Waals surface area contributed by atoms with Crippen LogP contribution in [0, 0.1) is 5.92 Å². The van der Waals surface area contributed by atoms with E-state index in [4.69, 9.17) is 4.74 Å². The lowest BCUT2D eigenvalue weighted by Gasteiger charge is -2.34. The third-order valence-corrected chi connectivity index (χ3v) is 4.81. The molecular formula is C18H29NO2. The van der Waals surface area contributed by atoms with E-state index in [2.05, 4.69) is 37.4 Å². The number of ether oxygens (including phenoxy) is 1. The van der Waals surface area contributed by atoms with Crippen molar-refractivity contribution in [3.8, 4) is 5.75 Å². The van der Waals surface area contributed by atoms with Crippen LogP contribution < -0.4 is 10.1 Å². The minimum absolute atomic E-state index is 0.0800. The third kappa shape index (κ3) is 3.98. The maximum Gasteiger partial charge on any atom is 0.119 e. The zero-order valence-electron chi connectivity index (χ0n) is 13.4. The molecule has 21 heavy (non-hydrogen) atoms.